The van der Waals surface area contributed by atoms with E-state index >= 15 is 0 Å². The molecule has 1 fully saturated rings. The number of pyridine rings is 1. The number of carbonyl (C=O) groups excluding carboxylic acids is 4. The standard InChI is InChI=1S/C31H43N5O6/c1-18(2)27(33-21(5)37)28(38)32-19(3)29(39)36-16-8-9-25(35-36)30(40)42-20(4)24-13-12-23-11-10-22(17-26(23)34-24)14-15-31(6,7)41/h10-15,17-20,25,27,35,41H,8-9,16H2,1-7H3,(H,32,38)(H,33,37)/b15-14+/t19-,20+,25-,27-/m0/s1. The van der Waals surface area contributed by atoms with Crippen molar-refractivity contribution in [2.45, 2.75) is 91.1 Å². The van der Waals surface area contributed by atoms with Gasteiger partial charge in [-0.3, -0.25) is 24.2 Å². The van der Waals surface area contributed by atoms with Crippen LogP contribution in [0.25, 0.3) is 17.0 Å². The van der Waals surface area contributed by atoms with Gasteiger partial charge < -0.3 is 20.5 Å². The van der Waals surface area contributed by atoms with Gasteiger partial charge in [0.05, 0.1) is 16.8 Å². The molecule has 0 unspecified atom stereocenters. The summed E-state index contributed by atoms with van der Waals surface area (Å²) in [7, 11) is 0. The second-order valence-corrected chi connectivity index (χ2v) is 11.7. The van der Waals surface area contributed by atoms with Crippen LogP contribution in [0.4, 0.5) is 0 Å². The molecule has 0 bridgehead atoms. The monoisotopic (exact) mass is 581 g/mol. The number of fused-ring (bicyclic) bond motifs is 1. The van der Waals surface area contributed by atoms with Crippen molar-refractivity contribution in [3.05, 3.63) is 47.7 Å². The molecule has 0 aliphatic carbocycles. The van der Waals surface area contributed by atoms with E-state index in [0.29, 0.717) is 25.1 Å². The average molecular weight is 582 g/mol. The molecule has 42 heavy (non-hydrogen) atoms. The zero-order valence-electron chi connectivity index (χ0n) is 25.4. The fourth-order valence-corrected chi connectivity index (χ4v) is 4.56. The number of aliphatic hydroxyl groups is 1. The number of benzene rings is 1. The van der Waals surface area contributed by atoms with Crippen molar-refractivity contribution in [3.63, 3.8) is 0 Å². The quantitative estimate of drug-likeness (QED) is 0.313. The highest BCUT2D eigenvalue weighted by atomic mass is 16.5. The van der Waals surface area contributed by atoms with E-state index in [1.165, 1.54) is 11.9 Å². The molecule has 1 aromatic heterocycles. The number of hydrogen-bond donors (Lipinski definition) is 4. The molecule has 1 aliphatic heterocycles. The third-order valence-corrected chi connectivity index (χ3v) is 6.90. The highest BCUT2D eigenvalue weighted by Crippen LogP contribution is 2.23. The Kier molecular flexibility index (Phi) is 10.8. The van der Waals surface area contributed by atoms with Crippen LogP contribution in [0.15, 0.2) is 36.4 Å². The van der Waals surface area contributed by atoms with E-state index in [9.17, 15) is 24.3 Å². The number of nitrogens with one attached hydrogen (secondary N) is 3. The number of hydrazine groups is 1. The number of aromatic nitrogens is 1. The van der Waals surface area contributed by atoms with Crippen LogP contribution in [0.3, 0.4) is 0 Å². The van der Waals surface area contributed by atoms with Crippen LogP contribution >= 0.6 is 0 Å². The second-order valence-electron chi connectivity index (χ2n) is 11.7. The molecular weight excluding hydrogens is 538 g/mol. The van der Waals surface area contributed by atoms with E-state index in [-0.39, 0.29) is 11.8 Å². The first-order chi connectivity index (χ1) is 19.6. The van der Waals surface area contributed by atoms with Gasteiger partial charge in [0.1, 0.15) is 24.2 Å². The van der Waals surface area contributed by atoms with Crippen molar-refractivity contribution in [2.75, 3.05) is 6.54 Å². The fourth-order valence-electron chi connectivity index (χ4n) is 4.56. The summed E-state index contributed by atoms with van der Waals surface area (Å²) >= 11 is 0. The largest absolute Gasteiger partial charge is 0.455 e. The van der Waals surface area contributed by atoms with E-state index in [1.807, 2.05) is 36.4 Å². The Labute approximate surface area is 247 Å². The minimum absolute atomic E-state index is 0.167. The molecule has 0 radical (unpaired) electrons. The van der Waals surface area contributed by atoms with Crippen LogP contribution in [-0.2, 0) is 23.9 Å². The summed E-state index contributed by atoms with van der Waals surface area (Å²) in [5.41, 5.74) is 4.22. The lowest BCUT2D eigenvalue weighted by Crippen LogP contribution is -2.60. The zero-order chi connectivity index (χ0) is 31.2. The number of amides is 3. The topological polar surface area (TPSA) is 150 Å². The zero-order valence-corrected chi connectivity index (χ0v) is 25.4. The van der Waals surface area contributed by atoms with E-state index in [4.69, 9.17) is 9.72 Å². The second kappa shape index (κ2) is 13.9. The summed E-state index contributed by atoms with van der Waals surface area (Å²) in [4.78, 5) is 55.1. The van der Waals surface area contributed by atoms with Gasteiger partial charge in [-0.1, -0.05) is 44.2 Å². The number of carbonyl (C=O) groups is 4. The minimum Gasteiger partial charge on any atom is -0.455 e. The van der Waals surface area contributed by atoms with Crippen molar-refractivity contribution in [1.29, 1.82) is 0 Å². The molecule has 3 rings (SSSR count). The Bertz CT molecular complexity index is 1330. The molecule has 1 aliphatic rings. The highest BCUT2D eigenvalue weighted by Gasteiger charge is 2.33. The van der Waals surface area contributed by atoms with Gasteiger partial charge in [0, 0.05) is 18.9 Å². The molecule has 11 heteroatoms. The lowest BCUT2D eigenvalue weighted by molar-refractivity contribution is -0.157. The number of esters is 1. The van der Waals surface area contributed by atoms with Crippen LogP contribution in [0.1, 0.15) is 78.7 Å². The smallest absolute Gasteiger partial charge is 0.325 e. The van der Waals surface area contributed by atoms with Crippen LogP contribution in [0.5, 0.6) is 0 Å². The first-order valence-electron chi connectivity index (χ1n) is 14.3. The third kappa shape index (κ3) is 9.09. The Morgan fingerprint density at radius 3 is 2.45 bits per heavy atom. The molecule has 2 aromatic rings. The molecule has 2 heterocycles. The first kappa shape index (κ1) is 32.7. The number of ether oxygens (including phenoxy) is 1. The van der Waals surface area contributed by atoms with Crippen molar-refractivity contribution in [3.8, 4) is 0 Å². The van der Waals surface area contributed by atoms with Crippen LogP contribution in [-0.4, -0.2) is 69.1 Å². The first-order valence-corrected chi connectivity index (χ1v) is 14.3. The summed E-state index contributed by atoms with van der Waals surface area (Å²) in [6.07, 6.45) is 3.96. The Morgan fingerprint density at radius 1 is 1.12 bits per heavy atom. The van der Waals surface area contributed by atoms with Gasteiger partial charge in [-0.2, -0.15) is 0 Å². The minimum atomic E-state index is -0.934. The maximum absolute atomic E-state index is 13.1. The molecule has 4 atom stereocenters. The van der Waals surface area contributed by atoms with Gasteiger partial charge in [0.15, 0.2) is 0 Å². The summed E-state index contributed by atoms with van der Waals surface area (Å²) in [6.45, 7) is 12.0. The molecule has 0 saturated carbocycles. The fraction of sp³-hybridized carbons (Fsp3) is 0.516. The maximum Gasteiger partial charge on any atom is 0.325 e. The lowest BCUT2D eigenvalue weighted by atomic mass is 10.0. The number of hydrogen-bond acceptors (Lipinski definition) is 8. The molecule has 11 nitrogen and oxygen atoms in total. The average Bonchev–Trinajstić information content (AvgIpc) is 2.93. The van der Waals surface area contributed by atoms with Crippen LogP contribution < -0.4 is 16.1 Å². The predicted molar refractivity (Wildman–Crippen MR) is 159 cm³/mol. The highest BCUT2D eigenvalue weighted by molar-refractivity contribution is 5.92. The summed E-state index contributed by atoms with van der Waals surface area (Å²) < 4.78 is 5.74. The van der Waals surface area contributed by atoms with E-state index in [0.717, 1.165) is 16.5 Å². The van der Waals surface area contributed by atoms with Crippen molar-refractivity contribution in [1.82, 2.24) is 26.1 Å². The van der Waals surface area contributed by atoms with Crippen molar-refractivity contribution in [2.24, 2.45) is 5.92 Å². The summed E-state index contributed by atoms with van der Waals surface area (Å²) in [5, 5.41) is 17.5. The summed E-state index contributed by atoms with van der Waals surface area (Å²) in [6, 6.07) is 7.12. The third-order valence-electron chi connectivity index (χ3n) is 6.90. The summed E-state index contributed by atoms with van der Waals surface area (Å²) in [5.74, 6) is -1.86. The van der Waals surface area contributed by atoms with Gasteiger partial charge in [-0.25, -0.2) is 10.4 Å². The van der Waals surface area contributed by atoms with Crippen molar-refractivity contribution >= 4 is 40.7 Å². The molecule has 0 spiro atoms. The lowest BCUT2D eigenvalue weighted by Gasteiger charge is -2.35. The number of nitrogens with zero attached hydrogens (tertiary/aromatic N) is 2. The maximum atomic E-state index is 13.1. The Balaban J connectivity index is 1.62. The normalized spacial score (nSPS) is 18.0. The van der Waals surface area contributed by atoms with Crippen molar-refractivity contribution < 1.29 is 29.0 Å². The molecule has 3 amide bonds. The molecule has 4 N–H and O–H groups in total. The molecular formula is C31H43N5O6. The van der Waals surface area contributed by atoms with E-state index < -0.39 is 47.6 Å². The SMILES string of the molecule is CC(=O)N[C@H](C(=O)N[C@@H](C)C(=O)N1CCC[C@@H](C(=O)O[C@H](C)c2ccc3ccc(/C=C/C(C)(C)O)cc3n2)N1)C(C)C. The van der Waals surface area contributed by atoms with Gasteiger partial charge in [-0.15, -0.1) is 0 Å². The van der Waals surface area contributed by atoms with Crippen LogP contribution in [0.2, 0.25) is 0 Å². The van der Waals surface area contributed by atoms with Crippen LogP contribution in [0, 0.1) is 5.92 Å². The van der Waals surface area contributed by atoms with E-state index in [1.54, 1.807) is 47.6 Å². The Morgan fingerprint density at radius 2 is 1.81 bits per heavy atom. The predicted octanol–water partition coefficient (Wildman–Crippen LogP) is 2.78. The Hall–Kier alpha value is -3.83. The van der Waals surface area contributed by atoms with Gasteiger partial charge in [-0.05, 0) is 64.2 Å². The van der Waals surface area contributed by atoms with Gasteiger partial charge in [0.25, 0.3) is 5.91 Å². The molecule has 228 valence electrons. The number of rotatable bonds is 10. The molecule has 1 saturated heterocycles. The van der Waals surface area contributed by atoms with Gasteiger partial charge in [0.2, 0.25) is 11.8 Å². The van der Waals surface area contributed by atoms with Gasteiger partial charge >= 0.3 is 5.97 Å². The molecule has 1 aromatic carbocycles. The van der Waals surface area contributed by atoms with E-state index in [2.05, 4.69) is 16.1 Å².